The number of amides is 1. The van der Waals surface area contributed by atoms with E-state index in [1.807, 2.05) is 5.32 Å². The molecule has 0 fully saturated rings. The van der Waals surface area contributed by atoms with Gasteiger partial charge in [0, 0.05) is 6.54 Å². The second-order valence-electron chi connectivity index (χ2n) is 6.17. The number of allylic oxidation sites excluding steroid dienone is 1. The summed E-state index contributed by atoms with van der Waals surface area (Å²) in [5.74, 6) is -2.14. The van der Waals surface area contributed by atoms with Crippen molar-refractivity contribution in [2.24, 2.45) is 0 Å². The molecule has 0 saturated carbocycles. The van der Waals surface area contributed by atoms with Gasteiger partial charge >= 0.3 is 13.9 Å². The molecule has 1 aliphatic heterocycles. The summed E-state index contributed by atoms with van der Waals surface area (Å²) in [5.41, 5.74) is -5.50. The minimum atomic E-state index is -5.39. The standard InChI is InChI=1S/C15H20F3N4O5PS/c1-5-26-28(25,27-6-2)21-14(15(16,17)18)9-10(19-12(14)24)22(7-8(3)4)13(29)20-11(9)23/h3,5-7H2,1-2,4H3,(H,19,24)(H,21,25)(H,20,23,29)/t14-/m0/s1. The Morgan fingerprint density at radius 1 is 1.31 bits per heavy atom. The highest BCUT2D eigenvalue weighted by molar-refractivity contribution is 7.71. The normalized spacial score (nSPS) is 19.2. The number of carbonyl (C=O) groups is 1. The number of nitrogens with one attached hydrogen (secondary N) is 3. The van der Waals surface area contributed by atoms with Crippen LogP contribution in [0.3, 0.4) is 0 Å². The van der Waals surface area contributed by atoms with E-state index in [0.29, 0.717) is 5.57 Å². The van der Waals surface area contributed by atoms with Gasteiger partial charge in [-0.3, -0.25) is 23.6 Å². The van der Waals surface area contributed by atoms with Crippen LogP contribution in [0, 0.1) is 4.77 Å². The lowest BCUT2D eigenvalue weighted by atomic mass is 9.94. The Balaban J connectivity index is 2.86. The summed E-state index contributed by atoms with van der Waals surface area (Å²) in [6.07, 6.45) is -5.39. The lowest BCUT2D eigenvalue weighted by Crippen LogP contribution is -2.59. The lowest BCUT2D eigenvalue weighted by molar-refractivity contribution is -0.195. The van der Waals surface area contributed by atoms with Crippen molar-refractivity contribution >= 4 is 31.7 Å². The third kappa shape index (κ3) is 4.10. The van der Waals surface area contributed by atoms with Crippen molar-refractivity contribution in [1.29, 1.82) is 0 Å². The van der Waals surface area contributed by atoms with Crippen molar-refractivity contribution in [3.05, 3.63) is 32.8 Å². The van der Waals surface area contributed by atoms with E-state index in [1.54, 1.807) is 12.0 Å². The Labute approximate surface area is 168 Å². The van der Waals surface area contributed by atoms with Gasteiger partial charge < -0.3 is 9.88 Å². The predicted molar refractivity (Wildman–Crippen MR) is 101 cm³/mol. The van der Waals surface area contributed by atoms with Crippen LogP contribution in [0.4, 0.5) is 19.0 Å². The highest BCUT2D eigenvalue weighted by Gasteiger charge is 2.70. The first kappa shape index (κ1) is 23.5. The van der Waals surface area contributed by atoms with E-state index in [9.17, 15) is 27.3 Å². The van der Waals surface area contributed by atoms with Gasteiger partial charge in [-0.25, -0.2) is 4.57 Å². The number of H-pyrrole nitrogens is 1. The number of hydrogen-bond donors (Lipinski definition) is 3. The Bertz CT molecular complexity index is 995. The Morgan fingerprint density at radius 3 is 2.31 bits per heavy atom. The number of hydrogen-bond acceptors (Lipinski definition) is 6. The van der Waals surface area contributed by atoms with E-state index < -0.39 is 42.3 Å². The summed E-state index contributed by atoms with van der Waals surface area (Å²) < 4.78 is 66.2. The molecule has 162 valence electrons. The van der Waals surface area contributed by atoms with Crippen molar-refractivity contribution in [2.45, 2.75) is 39.0 Å². The van der Waals surface area contributed by atoms with Crippen LogP contribution in [0.1, 0.15) is 26.3 Å². The van der Waals surface area contributed by atoms with E-state index in [0.717, 1.165) is 4.57 Å². The summed E-state index contributed by atoms with van der Waals surface area (Å²) >= 11 is 5.01. The van der Waals surface area contributed by atoms with Crippen molar-refractivity contribution in [3.8, 4) is 0 Å². The van der Waals surface area contributed by atoms with Crippen LogP contribution < -0.4 is 16.0 Å². The minimum Gasteiger partial charge on any atom is -0.309 e. The molecular weight excluding hydrogens is 436 g/mol. The molecule has 0 aromatic carbocycles. The van der Waals surface area contributed by atoms with E-state index in [2.05, 4.69) is 11.6 Å². The van der Waals surface area contributed by atoms with E-state index >= 15 is 0 Å². The first-order chi connectivity index (χ1) is 13.3. The van der Waals surface area contributed by atoms with E-state index in [4.69, 9.17) is 21.3 Å². The molecular formula is C15H20F3N4O5PS. The summed E-state index contributed by atoms with van der Waals surface area (Å²) in [7, 11) is -4.63. The summed E-state index contributed by atoms with van der Waals surface area (Å²) in [4.78, 5) is 27.3. The number of halogens is 3. The summed E-state index contributed by atoms with van der Waals surface area (Å²) in [5, 5.41) is 3.72. The van der Waals surface area contributed by atoms with Crippen LogP contribution in [-0.4, -0.2) is 34.8 Å². The molecule has 29 heavy (non-hydrogen) atoms. The maximum Gasteiger partial charge on any atom is 0.420 e. The van der Waals surface area contributed by atoms with Gasteiger partial charge in [0.25, 0.3) is 11.5 Å². The molecule has 3 N–H and O–H groups in total. The van der Waals surface area contributed by atoms with Crippen molar-refractivity contribution in [1.82, 2.24) is 14.6 Å². The number of carbonyl (C=O) groups excluding carboxylic acids is 1. The highest BCUT2D eigenvalue weighted by atomic mass is 32.1. The molecule has 0 bridgehead atoms. The summed E-state index contributed by atoms with van der Waals surface area (Å²) in [6.45, 7) is 7.39. The molecule has 0 aliphatic carbocycles. The smallest absolute Gasteiger partial charge is 0.309 e. The third-order valence-electron chi connectivity index (χ3n) is 3.90. The van der Waals surface area contributed by atoms with Gasteiger partial charge in [-0.15, -0.1) is 0 Å². The van der Waals surface area contributed by atoms with E-state index in [1.165, 1.54) is 13.8 Å². The van der Waals surface area contributed by atoms with Crippen LogP contribution >= 0.6 is 20.0 Å². The number of aromatic nitrogens is 2. The third-order valence-corrected chi connectivity index (χ3v) is 6.03. The molecule has 1 aliphatic rings. The maximum atomic E-state index is 14.3. The molecule has 1 aromatic heterocycles. The molecule has 1 amide bonds. The minimum absolute atomic E-state index is 0.0687. The topological polar surface area (TPSA) is 114 Å². The van der Waals surface area contributed by atoms with Crippen molar-refractivity contribution in [3.63, 3.8) is 0 Å². The molecule has 0 saturated heterocycles. The number of fused-ring (bicyclic) bond motifs is 1. The molecule has 14 heteroatoms. The second kappa shape index (κ2) is 8.15. The molecule has 1 atom stereocenters. The number of alkyl halides is 3. The van der Waals surface area contributed by atoms with Gasteiger partial charge in [0.15, 0.2) is 4.77 Å². The molecule has 2 rings (SSSR count). The average Bonchev–Trinajstić information content (AvgIpc) is 2.85. The Kier molecular flexibility index (Phi) is 6.60. The summed E-state index contributed by atoms with van der Waals surface area (Å²) in [6, 6.07) is 0. The van der Waals surface area contributed by atoms with Crippen LogP contribution in [0.5, 0.6) is 0 Å². The van der Waals surface area contributed by atoms with Gasteiger partial charge in [-0.2, -0.15) is 18.3 Å². The highest BCUT2D eigenvalue weighted by Crippen LogP contribution is 2.54. The van der Waals surface area contributed by atoms with Crippen molar-refractivity contribution < 1.29 is 31.6 Å². The van der Waals surface area contributed by atoms with Gasteiger partial charge in [-0.1, -0.05) is 12.2 Å². The fraction of sp³-hybridized carbons (Fsp3) is 0.533. The molecule has 0 radical (unpaired) electrons. The SMILES string of the molecule is C=C(C)Cn1c2c(c(=O)[nH]c1=S)[C@@](NP(=O)(OCC)OCC)(C(F)(F)F)C(=O)N2. The number of anilines is 1. The van der Waals surface area contributed by atoms with Gasteiger partial charge in [-0.05, 0) is 33.0 Å². The van der Waals surface area contributed by atoms with Gasteiger partial charge in [0.2, 0.25) is 5.54 Å². The van der Waals surface area contributed by atoms with E-state index in [-0.39, 0.29) is 24.5 Å². The van der Waals surface area contributed by atoms with Crippen LogP contribution in [0.15, 0.2) is 16.9 Å². The number of nitrogens with zero attached hydrogens (tertiary/aromatic N) is 1. The van der Waals surface area contributed by atoms with Crippen LogP contribution in [0.25, 0.3) is 0 Å². The zero-order chi connectivity index (χ0) is 22.2. The fourth-order valence-corrected chi connectivity index (χ4v) is 4.76. The number of aromatic amines is 1. The van der Waals surface area contributed by atoms with Crippen LogP contribution in [-0.2, 0) is 30.5 Å². The Hall–Kier alpha value is -1.79. The molecule has 1 aromatic rings. The fourth-order valence-electron chi connectivity index (χ4n) is 2.87. The Morgan fingerprint density at radius 2 is 1.86 bits per heavy atom. The lowest BCUT2D eigenvalue weighted by Gasteiger charge is -2.33. The second-order valence-corrected chi connectivity index (χ2v) is 8.29. The maximum absolute atomic E-state index is 14.3. The first-order valence-corrected chi connectivity index (χ1v) is 10.4. The van der Waals surface area contributed by atoms with Crippen molar-refractivity contribution in [2.75, 3.05) is 18.5 Å². The number of rotatable bonds is 8. The van der Waals surface area contributed by atoms with Gasteiger partial charge in [0.05, 0.1) is 18.8 Å². The van der Waals surface area contributed by atoms with Gasteiger partial charge in [0.1, 0.15) is 5.82 Å². The van der Waals surface area contributed by atoms with Crippen LogP contribution in [0.2, 0.25) is 0 Å². The zero-order valence-electron chi connectivity index (χ0n) is 15.8. The molecule has 0 spiro atoms. The average molecular weight is 456 g/mol. The monoisotopic (exact) mass is 456 g/mol. The first-order valence-electron chi connectivity index (χ1n) is 8.41. The molecule has 9 nitrogen and oxygen atoms in total. The molecule has 2 heterocycles. The molecule has 0 unspecified atom stereocenters. The zero-order valence-corrected chi connectivity index (χ0v) is 17.5. The predicted octanol–water partition coefficient (Wildman–Crippen LogP) is 2.96. The quantitative estimate of drug-likeness (QED) is 0.313. The largest absolute Gasteiger partial charge is 0.420 e.